The van der Waals surface area contributed by atoms with Crippen molar-refractivity contribution in [2.45, 2.75) is 67.4 Å². The highest BCUT2D eigenvalue weighted by molar-refractivity contribution is 5.00. The summed E-state index contributed by atoms with van der Waals surface area (Å²) in [7, 11) is 0. The molecule has 12 N–H and O–H groups in total. The number of ether oxygens (including phenoxy) is 2. The van der Waals surface area contributed by atoms with E-state index in [1.807, 2.05) is 0 Å². The van der Waals surface area contributed by atoms with E-state index in [1.165, 1.54) is 0 Å². The fourth-order valence-corrected chi connectivity index (χ4v) is 2.90. The molecular weight excluding hydrogens is 296 g/mol. The quantitative estimate of drug-likeness (QED) is 0.248. The van der Waals surface area contributed by atoms with E-state index in [9.17, 15) is 20.4 Å². The second kappa shape index (κ2) is 7.01. The largest absolute Gasteiger partial charge is 0.394 e. The maximum Gasteiger partial charge on any atom is 0.175 e. The maximum atomic E-state index is 10.1. The number of hydrogen-bond acceptors (Lipinski definition) is 10. The topological polar surface area (TPSA) is 203 Å². The third-order valence-corrected chi connectivity index (χ3v) is 4.41. The van der Waals surface area contributed by atoms with Gasteiger partial charge in [0.15, 0.2) is 6.29 Å². The first kappa shape index (κ1) is 17.9. The first-order chi connectivity index (χ1) is 10.3. The zero-order valence-corrected chi connectivity index (χ0v) is 12.1. The molecule has 2 fully saturated rings. The number of aliphatic hydroxyl groups is 4. The van der Waals surface area contributed by atoms with Crippen LogP contribution in [-0.4, -0.2) is 88.0 Å². The van der Waals surface area contributed by atoms with E-state index >= 15 is 0 Å². The Kier molecular flexibility index (Phi) is 5.72. The van der Waals surface area contributed by atoms with E-state index in [2.05, 4.69) is 0 Å². The van der Waals surface area contributed by atoms with Crippen molar-refractivity contribution >= 4 is 0 Å². The third kappa shape index (κ3) is 3.26. The van der Waals surface area contributed by atoms with Crippen LogP contribution in [0.4, 0.5) is 0 Å². The van der Waals surface area contributed by atoms with Crippen molar-refractivity contribution in [3.8, 4) is 0 Å². The molecule has 2 rings (SSSR count). The summed E-state index contributed by atoms with van der Waals surface area (Å²) in [5.74, 6) is 0. The molecule has 0 aromatic heterocycles. The Bertz CT molecular complexity index is 376. The predicted octanol–water partition coefficient (Wildman–Crippen LogP) is -5.12. The highest BCUT2D eigenvalue weighted by Gasteiger charge is 2.47. The van der Waals surface area contributed by atoms with Crippen molar-refractivity contribution in [2.24, 2.45) is 22.9 Å². The lowest BCUT2D eigenvalue weighted by atomic mass is 9.84. The molecule has 1 saturated carbocycles. The summed E-state index contributed by atoms with van der Waals surface area (Å²) in [5.41, 5.74) is 23.3. The van der Waals surface area contributed by atoms with Crippen LogP contribution in [0.1, 0.15) is 6.42 Å². The van der Waals surface area contributed by atoms with Gasteiger partial charge in [-0.05, 0) is 6.42 Å². The van der Waals surface area contributed by atoms with E-state index in [4.69, 9.17) is 32.4 Å². The van der Waals surface area contributed by atoms with Gasteiger partial charge in [-0.15, -0.1) is 0 Å². The van der Waals surface area contributed by atoms with E-state index in [0.29, 0.717) is 0 Å². The summed E-state index contributed by atoms with van der Waals surface area (Å²) in [6.07, 6.45) is -6.35. The minimum atomic E-state index is -1.30. The van der Waals surface area contributed by atoms with E-state index in [1.54, 1.807) is 0 Å². The van der Waals surface area contributed by atoms with Crippen LogP contribution in [-0.2, 0) is 9.47 Å². The molecule has 2 aliphatic rings. The predicted molar refractivity (Wildman–Crippen MR) is 75.2 cm³/mol. The molecule has 22 heavy (non-hydrogen) atoms. The van der Waals surface area contributed by atoms with Crippen LogP contribution in [0.15, 0.2) is 0 Å². The van der Waals surface area contributed by atoms with E-state index in [0.717, 1.165) is 0 Å². The molecule has 10 atom stereocenters. The number of aliphatic hydroxyl groups excluding tert-OH is 4. The highest BCUT2D eigenvalue weighted by Crippen LogP contribution is 2.26. The minimum absolute atomic E-state index is 0.253. The molecule has 10 heteroatoms. The lowest BCUT2D eigenvalue weighted by molar-refractivity contribution is -0.277. The van der Waals surface area contributed by atoms with Gasteiger partial charge in [-0.3, -0.25) is 0 Å². The zero-order chi connectivity index (χ0) is 16.6. The second-order valence-electron chi connectivity index (χ2n) is 6.02. The van der Waals surface area contributed by atoms with Gasteiger partial charge >= 0.3 is 0 Å². The molecule has 1 heterocycles. The number of rotatable bonds is 3. The highest BCUT2D eigenvalue weighted by atomic mass is 16.7. The van der Waals surface area contributed by atoms with Crippen LogP contribution in [0, 0.1) is 0 Å². The van der Waals surface area contributed by atoms with Gasteiger partial charge in [-0.25, -0.2) is 0 Å². The van der Waals surface area contributed by atoms with Crippen LogP contribution in [0.25, 0.3) is 0 Å². The van der Waals surface area contributed by atoms with Crippen LogP contribution in [0.2, 0.25) is 0 Å². The van der Waals surface area contributed by atoms with Crippen LogP contribution in [0.3, 0.4) is 0 Å². The van der Waals surface area contributed by atoms with Crippen LogP contribution in [0.5, 0.6) is 0 Å². The Balaban J connectivity index is 2.08. The average Bonchev–Trinajstić information content (AvgIpc) is 2.49. The summed E-state index contributed by atoms with van der Waals surface area (Å²) in [4.78, 5) is 0. The first-order valence-electron chi connectivity index (χ1n) is 7.26. The summed E-state index contributed by atoms with van der Waals surface area (Å²) < 4.78 is 11.0. The Morgan fingerprint density at radius 1 is 0.909 bits per heavy atom. The molecule has 0 bridgehead atoms. The normalized spacial score (nSPS) is 53.5. The molecule has 0 amide bonds. The standard InChI is InChI=1S/C12H26N4O6/c13-3-1-4(14)11(10(20)8(3)18)22-12-7(16)6(15)9(19)5(2-17)21-12/h3-12,17-20H,1-2,13-16H2/t3-,4?,5?,6?,7+,8-,9-,10?,11-,12-/m1/s1. The lowest BCUT2D eigenvalue weighted by Crippen LogP contribution is -2.68. The first-order valence-corrected chi connectivity index (χ1v) is 7.26. The third-order valence-electron chi connectivity index (χ3n) is 4.41. The van der Waals surface area contributed by atoms with Crippen molar-refractivity contribution in [1.29, 1.82) is 0 Å². The maximum absolute atomic E-state index is 10.1. The molecule has 1 saturated heterocycles. The van der Waals surface area contributed by atoms with Gasteiger partial charge < -0.3 is 52.8 Å². The molecule has 10 nitrogen and oxygen atoms in total. The van der Waals surface area contributed by atoms with Gasteiger partial charge in [0.05, 0.1) is 30.9 Å². The monoisotopic (exact) mass is 322 g/mol. The van der Waals surface area contributed by atoms with Crippen molar-refractivity contribution in [3.05, 3.63) is 0 Å². The fourth-order valence-electron chi connectivity index (χ4n) is 2.90. The van der Waals surface area contributed by atoms with Crippen molar-refractivity contribution in [2.75, 3.05) is 6.61 Å². The SMILES string of the molecule is NC1C[C@@H](N)[C@@H](O)C(O)[C@@H]1O[C@H]1OC(CO)[C@@H](O)C(N)[C@@H]1N. The molecule has 4 unspecified atom stereocenters. The Labute approximate surface area is 128 Å². The van der Waals surface area contributed by atoms with E-state index in [-0.39, 0.29) is 6.42 Å². The molecule has 0 spiro atoms. The van der Waals surface area contributed by atoms with Crippen LogP contribution < -0.4 is 22.9 Å². The van der Waals surface area contributed by atoms with Gasteiger partial charge in [0, 0.05) is 12.1 Å². The molecular formula is C12H26N4O6. The van der Waals surface area contributed by atoms with Gasteiger partial charge in [0.1, 0.15) is 18.3 Å². The van der Waals surface area contributed by atoms with Gasteiger partial charge in [-0.1, -0.05) is 0 Å². The molecule has 0 aromatic rings. The summed E-state index contributed by atoms with van der Waals surface area (Å²) in [6.45, 7) is -0.464. The molecule has 1 aliphatic heterocycles. The average molecular weight is 322 g/mol. The molecule has 0 radical (unpaired) electrons. The lowest BCUT2D eigenvalue weighted by Gasteiger charge is -2.46. The van der Waals surface area contributed by atoms with Crippen molar-refractivity contribution in [1.82, 2.24) is 0 Å². The zero-order valence-electron chi connectivity index (χ0n) is 12.1. The summed E-state index contributed by atoms with van der Waals surface area (Å²) >= 11 is 0. The number of hydrogen-bond donors (Lipinski definition) is 8. The summed E-state index contributed by atoms with van der Waals surface area (Å²) in [6, 6.07) is -3.04. The van der Waals surface area contributed by atoms with Gasteiger partial charge in [0.2, 0.25) is 0 Å². The van der Waals surface area contributed by atoms with E-state index < -0.39 is 67.6 Å². The Morgan fingerprint density at radius 3 is 2.14 bits per heavy atom. The Hall–Kier alpha value is -0.400. The minimum Gasteiger partial charge on any atom is -0.394 e. The smallest absolute Gasteiger partial charge is 0.175 e. The van der Waals surface area contributed by atoms with Crippen molar-refractivity contribution < 1.29 is 29.9 Å². The molecule has 0 aromatic carbocycles. The Morgan fingerprint density at radius 2 is 1.55 bits per heavy atom. The fraction of sp³-hybridized carbons (Fsp3) is 1.00. The molecule has 130 valence electrons. The van der Waals surface area contributed by atoms with Crippen LogP contribution >= 0.6 is 0 Å². The van der Waals surface area contributed by atoms with Gasteiger partial charge in [0.25, 0.3) is 0 Å². The van der Waals surface area contributed by atoms with Gasteiger partial charge in [-0.2, -0.15) is 0 Å². The number of nitrogens with two attached hydrogens (primary N) is 4. The second-order valence-corrected chi connectivity index (χ2v) is 6.02. The van der Waals surface area contributed by atoms with Crippen molar-refractivity contribution in [3.63, 3.8) is 0 Å². The molecule has 1 aliphatic carbocycles. The summed E-state index contributed by atoms with van der Waals surface area (Å²) in [5, 5.41) is 38.9.